The minimum atomic E-state index is -3.53. The van der Waals surface area contributed by atoms with Crippen molar-refractivity contribution in [2.24, 2.45) is 0 Å². The molecule has 0 atom stereocenters. The number of rotatable bonds is 7. The molecule has 1 amide bonds. The second kappa shape index (κ2) is 8.80. The van der Waals surface area contributed by atoms with E-state index in [1.54, 1.807) is 13.0 Å². The molecular formula is C14H20NO5PS2. The Morgan fingerprint density at radius 3 is 2.52 bits per heavy atom. The third-order valence-corrected chi connectivity index (χ3v) is 5.95. The molecule has 1 aromatic carbocycles. The molecule has 9 heteroatoms. The number of ether oxygens (including phenoxy) is 1. The fourth-order valence-electron chi connectivity index (χ4n) is 1.97. The number of esters is 1. The van der Waals surface area contributed by atoms with E-state index in [1.807, 2.05) is 26.0 Å². The number of hydrogen-bond acceptors (Lipinski definition) is 5. The molecule has 0 saturated heterocycles. The smallest absolute Gasteiger partial charge is 0.326 e. The second-order valence-corrected chi connectivity index (χ2v) is 10.9. The van der Waals surface area contributed by atoms with Crippen LogP contribution in [0.1, 0.15) is 18.1 Å². The molecule has 0 spiro atoms. The molecule has 6 nitrogen and oxygen atoms in total. The van der Waals surface area contributed by atoms with Gasteiger partial charge in [-0.25, -0.2) is 0 Å². The summed E-state index contributed by atoms with van der Waals surface area (Å²) in [5.41, 5.74) is -1.08. The van der Waals surface area contributed by atoms with Crippen LogP contribution >= 0.6 is 17.1 Å². The largest absolute Gasteiger partial charge is 0.465 e. The van der Waals surface area contributed by atoms with Crippen molar-refractivity contribution >= 4 is 46.4 Å². The van der Waals surface area contributed by atoms with Crippen LogP contribution in [0.5, 0.6) is 0 Å². The van der Waals surface area contributed by atoms with E-state index in [0.717, 1.165) is 11.1 Å². The highest BCUT2D eigenvalue weighted by molar-refractivity contribution is 8.67. The Morgan fingerprint density at radius 1 is 1.35 bits per heavy atom. The standard InChI is InChI=1S/C14H20NO5PS2/c1-4-20-14(17)8-15(13(16)9-23-21(18,19)22)12-6-5-10(2)7-11(12)3/h5-7H,4,8-9H2,1-3H3,(H2,18,19,22). The van der Waals surface area contributed by atoms with Gasteiger partial charge in [0.25, 0.3) is 0 Å². The highest BCUT2D eigenvalue weighted by Gasteiger charge is 2.23. The Bertz CT molecular complexity index is 632. The molecule has 0 aliphatic heterocycles. The first-order valence-corrected chi connectivity index (χ1v) is 11.2. The maximum absolute atomic E-state index is 12.4. The number of benzene rings is 1. The molecule has 0 aliphatic rings. The van der Waals surface area contributed by atoms with Gasteiger partial charge in [-0.1, -0.05) is 29.1 Å². The summed E-state index contributed by atoms with van der Waals surface area (Å²) in [6, 6.07) is 5.49. The van der Waals surface area contributed by atoms with E-state index in [9.17, 15) is 19.4 Å². The predicted molar refractivity (Wildman–Crippen MR) is 96.1 cm³/mol. The predicted octanol–water partition coefficient (Wildman–Crippen LogP) is 2.14. The first-order chi connectivity index (χ1) is 10.6. The zero-order chi connectivity index (χ0) is 17.6. The first kappa shape index (κ1) is 20.1. The Morgan fingerprint density at radius 2 is 2.00 bits per heavy atom. The molecule has 0 heterocycles. The summed E-state index contributed by atoms with van der Waals surface area (Å²) in [4.78, 5) is 44.0. The number of aryl methyl sites for hydroxylation is 2. The molecule has 0 fully saturated rings. The lowest BCUT2D eigenvalue weighted by molar-refractivity contribution is -0.142. The fourth-order valence-corrected chi connectivity index (χ4v) is 3.71. The van der Waals surface area contributed by atoms with Gasteiger partial charge in [-0.3, -0.25) is 9.59 Å². The Labute approximate surface area is 144 Å². The lowest BCUT2D eigenvalue weighted by atomic mass is 10.1. The summed E-state index contributed by atoms with van der Waals surface area (Å²) in [7, 11) is 0. The molecule has 0 bridgehead atoms. The van der Waals surface area contributed by atoms with Gasteiger partial charge in [0.05, 0.1) is 12.4 Å². The number of amides is 1. The summed E-state index contributed by atoms with van der Waals surface area (Å²) in [6.45, 7) is 5.43. The van der Waals surface area contributed by atoms with Crippen LogP contribution in [0.25, 0.3) is 0 Å². The van der Waals surface area contributed by atoms with Crippen molar-refractivity contribution in [2.45, 2.75) is 20.8 Å². The van der Waals surface area contributed by atoms with Crippen LogP contribution in [0, 0.1) is 13.8 Å². The number of nitrogens with zero attached hydrogens (tertiary/aromatic N) is 1. The number of carbonyl (C=O) groups is 2. The topological polar surface area (TPSA) is 87.1 Å². The molecule has 128 valence electrons. The molecule has 0 unspecified atom stereocenters. The van der Waals surface area contributed by atoms with Crippen LogP contribution in [0.3, 0.4) is 0 Å². The van der Waals surface area contributed by atoms with E-state index >= 15 is 0 Å². The maximum atomic E-state index is 12.4. The van der Waals surface area contributed by atoms with E-state index in [-0.39, 0.29) is 18.9 Å². The molecule has 1 rings (SSSR count). The van der Waals surface area contributed by atoms with Crippen molar-refractivity contribution in [2.75, 3.05) is 23.8 Å². The van der Waals surface area contributed by atoms with Gasteiger partial charge in [0, 0.05) is 5.69 Å². The minimum absolute atomic E-state index is 0.219. The summed E-state index contributed by atoms with van der Waals surface area (Å²) >= 11 is 5.11. The Hall–Kier alpha value is -0.920. The van der Waals surface area contributed by atoms with Crippen LogP contribution in [-0.4, -0.2) is 40.6 Å². The SMILES string of the molecule is CCOC(=O)CN(C(=O)CSP(O)(O)=S)c1ccc(C)cc1C. The first-order valence-electron chi connectivity index (χ1n) is 6.87. The van der Waals surface area contributed by atoms with Crippen molar-refractivity contribution in [1.29, 1.82) is 0 Å². The highest BCUT2D eigenvalue weighted by atomic mass is 32.9. The Balaban J connectivity index is 3.03. The van der Waals surface area contributed by atoms with Gasteiger partial charge in [0.1, 0.15) is 6.54 Å². The van der Waals surface area contributed by atoms with Crippen LogP contribution in [0.2, 0.25) is 0 Å². The third kappa shape index (κ3) is 7.01. The molecule has 23 heavy (non-hydrogen) atoms. The zero-order valence-electron chi connectivity index (χ0n) is 13.2. The molecule has 0 radical (unpaired) electrons. The Kier molecular flexibility index (Phi) is 7.70. The van der Waals surface area contributed by atoms with Gasteiger partial charge in [-0.2, -0.15) is 0 Å². The van der Waals surface area contributed by atoms with Gasteiger partial charge in [0.15, 0.2) is 0 Å². The molecule has 0 aliphatic carbocycles. The zero-order valence-corrected chi connectivity index (χ0v) is 15.7. The van der Waals surface area contributed by atoms with Gasteiger partial charge in [0.2, 0.25) is 11.6 Å². The van der Waals surface area contributed by atoms with Crippen molar-refractivity contribution in [3.8, 4) is 0 Å². The summed E-state index contributed by atoms with van der Waals surface area (Å²) in [5.74, 6) is -1.19. The van der Waals surface area contributed by atoms with Gasteiger partial charge >= 0.3 is 5.97 Å². The van der Waals surface area contributed by atoms with Crippen LogP contribution in [0.15, 0.2) is 18.2 Å². The van der Waals surface area contributed by atoms with E-state index in [0.29, 0.717) is 17.1 Å². The number of hydrogen-bond donors (Lipinski definition) is 2. The highest BCUT2D eigenvalue weighted by Crippen LogP contribution is 2.50. The van der Waals surface area contributed by atoms with Gasteiger partial charge in [-0.15, -0.1) is 0 Å². The summed E-state index contributed by atoms with van der Waals surface area (Å²) in [6.07, 6.45) is 0. The normalized spacial score (nSPS) is 11.2. The van der Waals surface area contributed by atoms with Crippen molar-refractivity contribution in [3.63, 3.8) is 0 Å². The lowest BCUT2D eigenvalue weighted by Crippen LogP contribution is -2.38. The second-order valence-electron chi connectivity index (χ2n) is 4.84. The molecule has 1 aromatic rings. The number of carbonyl (C=O) groups excluding carboxylic acids is 2. The molecule has 2 N–H and O–H groups in total. The average molecular weight is 377 g/mol. The third-order valence-electron chi connectivity index (χ3n) is 2.89. The quantitative estimate of drug-likeness (QED) is 0.556. The van der Waals surface area contributed by atoms with Crippen molar-refractivity contribution in [3.05, 3.63) is 29.3 Å². The fraction of sp³-hybridized carbons (Fsp3) is 0.429. The van der Waals surface area contributed by atoms with Crippen molar-refractivity contribution in [1.82, 2.24) is 0 Å². The minimum Gasteiger partial charge on any atom is -0.465 e. The van der Waals surface area contributed by atoms with Crippen LogP contribution < -0.4 is 4.90 Å². The molecule has 0 aromatic heterocycles. The average Bonchev–Trinajstić information content (AvgIpc) is 2.42. The van der Waals surface area contributed by atoms with E-state index in [1.165, 1.54) is 4.90 Å². The van der Waals surface area contributed by atoms with Gasteiger partial charge in [-0.05, 0) is 44.2 Å². The lowest BCUT2D eigenvalue weighted by Gasteiger charge is -2.24. The van der Waals surface area contributed by atoms with E-state index < -0.39 is 17.6 Å². The van der Waals surface area contributed by atoms with E-state index in [2.05, 4.69) is 11.8 Å². The monoisotopic (exact) mass is 377 g/mol. The molecular weight excluding hydrogens is 357 g/mol. The summed E-state index contributed by atoms with van der Waals surface area (Å²) < 4.78 is 4.90. The number of anilines is 1. The van der Waals surface area contributed by atoms with Gasteiger partial charge < -0.3 is 19.4 Å². The van der Waals surface area contributed by atoms with Crippen LogP contribution in [0.4, 0.5) is 5.69 Å². The molecule has 0 saturated carbocycles. The maximum Gasteiger partial charge on any atom is 0.326 e. The van der Waals surface area contributed by atoms with Crippen molar-refractivity contribution < 1.29 is 24.1 Å². The van der Waals surface area contributed by atoms with E-state index in [4.69, 9.17) is 4.74 Å². The summed E-state index contributed by atoms with van der Waals surface area (Å²) in [5, 5.41) is 0. The van der Waals surface area contributed by atoms with Crippen LogP contribution in [-0.2, 0) is 26.1 Å².